The number of amides is 2. The number of carbonyl (C=O) groups is 2. The zero-order valence-corrected chi connectivity index (χ0v) is 19.2. The Hall–Kier alpha value is -3.54. The van der Waals surface area contributed by atoms with Gasteiger partial charge in [-0.2, -0.15) is 0 Å². The lowest BCUT2D eigenvalue weighted by Crippen LogP contribution is -2.55. The van der Waals surface area contributed by atoms with Crippen molar-refractivity contribution in [3.8, 4) is 11.1 Å². The minimum atomic E-state index is -0.717. The molecule has 6 heteroatoms. The molecule has 0 radical (unpaired) electrons. The van der Waals surface area contributed by atoms with E-state index in [1.807, 2.05) is 44.2 Å². The standard InChI is InChI=1S/C27H30N4O2/c1-20(2)30-26(33)27(13-8-16-31(19-27)25(32)24-18-28-14-15-29-24)17-22-11-6-7-12-23(22)21-9-4-3-5-10-21/h3-7,9-12,14-15,18,20H,8,13,16-17,19H2,1-2H3,(H,30,33)/t27-/m0/s1. The highest BCUT2D eigenvalue weighted by molar-refractivity contribution is 5.93. The van der Waals surface area contributed by atoms with Crippen LogP contribution in [0.5, 0.6) is 0 Å². The highest BCUT2D eigenvalue weighted by atomic mass is 16.2. The minimum Gasteiger partial charge on any atom is -0.353 e. The number of hydrogen-bond donors (Lipinski definition) is 1. The number of nitrogens with one attached hydrogen (secondary N) is 1. The van der Waals surface area contributed by atoms with Gasteiger partial charge in [-0.1, -0.05) is 54.6 Å². The van der Waals surface area contributed by atoms with Crippen molar-refractivity contribution in [1.29, 1.82) is 0 Å². The number of carbonyl (C=O) groups excluding carboxylic acids is 2. The molecule has 1 atom stereocenters. The molecule has 2 amide bonds. The first-order valence-corrected chi connectivity index (χ1v) is 11.5. The fourth-order valence-corrected chi connectivity index (χ4v) is 4.64. The predicted octanol–water partition coefficient (Wildman–Crippen LogP) is 4.13. The van der Waals surface area contributed by atoms with Crippen molar-refractivity contribution in [2.75, 3.05) is 13.1 Å². The van der Waals surface area contributed by atoms with Gasteiger partial charge in [0, 0.05) is 31.5 Å². The van der Waals surface area contributed by atoms with Crippen LogP contribution in [-0.2, 0) is 11.2 Å². The molecule has 2 aromatic carbocycles. The van der Waals surface area contributed by atoms with Crippen molar-refractivity contribution < 1.29 is 9.59 Å². The summed E-state index contributed by atoms with van der Waals surface area (Å²) in [6.07, 6.45) is 6.59. The van der Waals surface area contributed by atoms with Gasteiger partial charge in [-0.05, 0) is 49.8 Å². The summed E-state index contributed by atoms with van der Waals surface area (Å²) < 4.78 is 0. The van der Waals surface area contributed by atoms with E-state index in [9.17, 15) is 9.59 Å². The number of piperidine rings is 1. The normalized spacial score (nSPS) is 18.2. The Bertz CT molecular complexity index is 1100. The van der Waals surface area contributed by atoms with E-state index in [0.717, 1.165) is 29.5 Å². The Labute approximate surface area is 195 Å². The van der Waals surface area contributed by atoms with Gasteiger partial charge in [0.15, 0.2) is 0 Å². The van der Waals surface area contributed by atoms with Crippen LogP contribution in [0.25, 0.3) is 11.1 Å². The van der Waals surface area contributed by atoms with E-state index >= 15 is 0 Å². The van der Waals surface area contributed by atoms with E-state index in [1.54, 1.807) is 11.1 Å². The molecule has 1 aromatic heterocycles. The monoisotopic (exact) mass is 442 g/mol. The Morgan fingerprint density at radius 3 is 2.55 bits per heavy atom. The van der Waals surface area contributed by atoms with E-state index in [1.165, 1.54) is 12.4 Å². The first-order valence-electron chi connectivity index (χ1n) is 11.5. The van der Waals surface area contributed by atoms with Crippen LogP contribution >= 0.6 is 0 Å². The second-order valence-electron chi connectivity index (χ2n) is 9.03. The molecule has 3 aromatic rings. The summed E-state index contributed by atoms with van der Waals surface area (Å²) in [6, 6.07) is 18.5. The Morgan fingerprint density at radius 2 is 1.82 bits per heavy atom. The van der Waals surface area contributed by atoms with Gasteiger partial charge in [0.05, 0.1) is 11.6 Å². The smallest absolute Gasteiger partial charge is 0.274 e. The molecule has 4 rings (SSSR count). The van der Waals surface area contributed by atoms with Gasteiger partial charge in [0.2, 0.25) is 5.91 Å². The van der Waals surface area contributed by atoms with Crippen molar-refractivity contribution in [2.24, 2.45) is 5.41 Å². The maximum Gasteiger partial charge on any atom is 0.274 e. The minimum absolute atomic E-state index is 0.00277. The van der Waals surface area contributed by atoms with Gasteiger partial charge in [-0.15, -0.1) is 0 Å². The molecule has 0 spiro atoms. The second kappa shape index (κ2) is 9.94. The third kappa shape index (κ3) is 5.11. The zero-order valence-electron chi connectivity index (χ0n) is 19.2. The molecule has 0 aliphatic carbocycles. The van der Waals surface area contributed by atoms with E-state index in [-0.39, 0.29) is 17.9 Å². The molecule has 1 N–H and O–H groups in total. The van der Waals surface area contributed by atoms with Crippen molar-refractivity contribution in [3.05, 3.63) is 84.4 Å². The van der Waals surface area contributed by atoms with Crippen LogP contribution in [0.3, 0.4) is 0 Å². The lowest BCUT2D eigenvalue weighted by Gasteiger charge is -2.42. The number of nitrogens with zero attached hydrogens (tertiary/aromatic N) is 3. The lowest BCUT2D eigenvalue weighted by molar-refractivity contribution is -0.134. The van der Waals surface area contributed by atoms with Gasteiger partial charge in [0.1, 0.15) is 5.69 Å². The second-order valence-corrected chi connectivity index (χ2v) is 9.03. The van der Waals surface area contributed by atoms with Crippen LogP contribution in [0.15, 0.2) is 73.2 Å². The maximum atomic E-state index is 13.6. The number of likely N-dealkylation sites (tertiary alicyclic amines) is 1. The summed E-state index contributed by atoms with van der Waals surface area (Å²) in [6.45, 7) is 4.89. The summed E-state index contributed by atoms with van der Waals surface area (Å²) in [5, 5.41) is 3.13. The van der Waals surface area contributed by atoms with Crippen LogP contribution in [0.4, 0.5) is 0 Å². The largest absolute Gasteiger partial charge is 0.353 e. The molecule has 1 fully saturated rings. The maximum absolute atomic E-state index is 13.6. The topological polar surface area (TPSA) is 75.2 Å². The van der Waals surface area contributed by atoms with Crippen molar-refractivity contribution in [2.45, 2.75) is 39.2 Å². The summed E-state index contributed by atoms with van der Waals surface area (Å²) in [5.74, 6) is -0.183. The number of aromatic nitrogens is 2. The van der Waals surface area contributed by atoms with Gasteiger partial charge in [-0.25, -0.2) is 4.98 Å². The number of rotatable bonds is 6. The van der Waals surface area contributed by atoms with E-state index in [4.69, 9.17) is 0 Å². The van der Waals surface area contributed by atoms with Gasteiger partial charge in [-0.3, -0.25) is 14.6 Å². The van der Waals surface area contributed by atoms with E-state index < -0.39 is 5.41 Å². The molecule has 0 unspecified atom stereocenters. The molecule has 170 valence electrons. The summed E-state index contributed by atoms with van der Waals surface area (Å²) in [7, 11) is 0. The molecule has 1 aliphatic rings. The fraction of sp³-hybridized carbons (Fsp3) is 0.333. The SMILES string of the molecule is CC(C)NC(=O)[C@]1(Cc2ccccc2-c2ccccc2)CCCN(C(=O)c2cnccn2)C1. The Kier molecular flexibility index (Phi) is 6.82. The number of hydrogen-bond acceptors (Lipinski definition) is 4. The Morgan fingerprint density at radius 1 is 1.06 bits per heavy atom. The lowest BCUT2D eigenvalue weighted by atomic mass is 9.73. The molecule has 33 heavy (non-hydrogen) atoms. The molecule has 1 aliphatic heterocycles. The summed E-state index contributed by atoms with van der Waals surface area (Å²) in [5.41, 5.74) is 2.94. The summed E-state index contributed by atoms with van der Waals surface area (Å²) >= 11 is 0. The van der Waals surface area contributed by atoms with Gasteiger partial charge >= 0.3 is 0 Å². The molecule has 1 saturated heterocycles. The van der Waals surface area contributed by atoms with Crippen LogP contribution in [0.1, 0.15) is 42.7 Å². The quantitative estimate of drug-likeness (QED) is 0.623. The highest BCUT2D eigenvalue weighted by Gasteiger charge is 2.44. The van der Waals surface area contributed by atoms with E-state index in [2.05, 4.69) is 39.6 Å². The van der Waals surface area contributed by atoms with Crippen LogP contribution in [0.2, 0.25) is 0 Å². The first kappa shape index (κ1) is 22.6. The molecular formula is C27H30N4O2. The third-order valence-corrected chi connectivity index (χ3v) is 6.18. The molecule has 0 bridgehead atoms. The van der Waals surface area contributed by atoms with Crippen molar-refractivity contribution in [1.82, 2.24) is 20.2 Å². The van der Waals surface area contributed by atoms with Crippen molar-refractivity contribution >= 4 is 11.8 Å². The fourth-order valence-electron chi connectivity index (χ4n) is 4.64. The first-order chi connectivity index (χ1) is 16.0. The van der Waals surface area contributed by atoms with Gasteiger partial charge < -0.3 is 10.2 Å². The molecular weight excluding hydrogens is 412 g/mol. The van der Waals surface area contributed by atoms with Crippen LogP contribution < -0.4 is 5.32 Å². The van der Waals surface area contributed by atoms with Crippen LogP contribution in [-0.4, -0.2) is 45.8 Å². The molecule has 2 heterocycles. The van der Waals surface area contributed by atoms with E-state index in [0.29, 0.717) is 25.2 Å². The predicted molar refractivity (Wildman–Crippen MR) is 128 cm³/mol. The molecule has 0 saturated carbocycles. The summed E-state index contributed by atoms with van der Waals surface area (Å²) in [4.78, 5) is 36.8. The average molecular weight is 443 g/mol. The van der Waals surface area contributed by atoms with Gasteiger partial charge in [0.25, 0.3) is 5.91 Å². The van der Waals surface area contributed by atoms with Crippen molar-refractivity contribution in [3.63, 3.8) is 0 Å². The zero-order chi connectivity index (χ0) is 23.3. The average Bonchev–Trinajstić information content (AvgIpc) is 2.85. The highest BCUT2D eigenvalue weighted by Crippen LogP contribution is 2.37. The third-order valence-electron chi connectivity index (χ3n) is 6.18. The Balaban J connectivity index is 1.69. The van der Waals surface area contributed by atoms with Crippen LogP contribution in [0, 0.1) is 5.41 Å². The number of benzene rings is 2. The molecule has 6 nitrogen and oxygen atoms in total.